The molecule has 0 unspecified atom stereocenters. The highest BCUT2D eigenvalue weighted by molar-refractivity contribution is 4.61. The van der Waals surface area contributed by atoms with Gasteiger partial charge in [0.2, 0.25) is 0 Å². The lowest BCUT2D eigenvalue weighted by molar-refractivity contribution is 0.122. The fourth-order valence-corrected chi connectivity index (χ4v) is 0.920. The van der Waals surface area contributed by atoms with Gasteiger partial charge in [-0.2, -0.15) is 0 Å². The van der Waals surface area contributed by atoms with Crippen molar-refractivity contribution in [2.45, 2.75) is 32.7 Å². The molecule has 0 rings (SSSR count). The summed E-state index contributed by atoms with van der Waals surface area (Å²) in [6, 6.07) is 0.546. The number of ether oxygens (including phenoxy) is 1. The first-order chi connectivity index (χ1) is 4.85. The molecular weight excluding hydrogens is 126 g/mol. The van der Waals surface area contributed by atoms with Crippen LogP contribution in [0, 0.1) is 0 Å². The summed E-state index contributed by atoms with van der Waals surface area (Å²) in [5.74, 6) is 0. The van der Waals surface area contributed by atoms with Gasteiger partial charge in [-0.1, -0.05) is 13.3 Å². The molecule has 2 heteroatoms. The summed E-state index contributed by atoms with van der Waals surface area (Å²) in [6.07, 6.45) is 2.43. The average Bonchev–Trinajstić information content (AvgIpc) is 1.98. The molecule has 0 aromatic heterocycles. The summed E-state index contributed by atoms with van der Waals surface area (Å²) in [5.41, 5.74) is 0. The van der Waals surface area contributed by atoms with Crippen LogP contribution in [0.2, 0.25) is 0 Å². The highest BCUT2D eigenvalue weighted by Crippen LogP contribution is 1.95. The van der Waals surface area contributed by atoms with Crippen LogP contribution in [0.15, 0.2) is 0 Å². The van der Waals surface area contributed by atoms with Gasteiger partial charge in [-0.05, 0) is 20.4 Å². The van der Waals surface area contributed by atoms with Gasteiger partial charge >= 0.3 is 0 Å². The van der Waals surface area contributed by atoms with Gasteiger partial charge in [0, 0.05) is 14.1 Å². The van der Waals surface area contributed by atoms with E-state index in [0.717, 1.165) is 13.2 Å². The van der Waals surface area contributed by atoms with E-state index in [1.807, 2.05) is 14.0 Å². The first kappa shape index (κ1) is 9.92. The Morgan fingerprint density at radius 1 is 1.50 bits per heavy atom. The summed E-state index contributed by atoms with van der Waals surface area (Å²) >= 11 is 0. The summed E-state index contributed by atoms with van der Waals surface area (Å²) in [5, 5.41) is 3.21. The number of nitrogens with one attached hydrogen (secondary N) is 1. The zero-order valence-electron chi connectivity index (χ0n) is 7.31. The fraction of sp³-hybridized carbons (Fsp3) is 1.00. The minimum atomic E-state index is 0. The number of likely N-dealkylation sites (N-methyl/N-ethyl adjacent to an activating group) is 1. The molecule has 10 heavy (non-hydrogen) atoms. The van der Waals surface area contributed by atoms with Crippen molar-refractivity contribution >= 4 is 0 Å². The second-order valence-electron chi connectivity index (χ2n) is 2.43. The van der Waals surface area contributed by atoms with Crippen LogP contribution in [0.25, 0.3) is 0 Å². The molecule has 0 aliphatic heterocycles. The SMILES string of the molecule is CCC[C@@H](COCC)NC.[HH]. The van der Waals surface area contributed by atoms with E-state index >= 15 is 0 Å². The summed E-state index contributed by atoms with van der Waals surface area (Å²) in [7, 11) is 1.99. The molecule has 0 spiro atoms. The Labute approximate surface area is 65.4 Å². The maximum absolute atomic E-state index is 5.28. The Bertz CT molecular complexity index is 71.1. The first-order valence-corrected chi connectivity index (χ1v) is 4.10. The Morgan fingerprint density at radius 2 is 2.20 bits per heavy atom. The molecular formula is C8H21NO. The second kappa shape index (κ2) is 7.03. The van der Waals surface area contributed by atoms with Gasteiger partial charge in [0.15, 0.2) is 0 Å². The Kier molecular flexibility index (Phi) is 6.98. The van der Waals surface area contributed by atoms with Crippen molar-refractivity contribution in [2.75, 3.05) is 20.3 Å². The average molecular weight is 147 g/mol. The lowest BCUT2D eigenvalue weighted by Gasteiger charge is -2.13. The molecule has 0 saturated heterocycles. The topological polar surface area (TPSA) is 21.3 Å². The molecule has 0 aliphatic rings. The van der Waals surface area contributed by atoms with E-state index in [1.54, 1.807) is 0 Å². The quantitative estimate of drug-likeness (QED) is 0.617. The lowest BCUT2D eigenvalue weighted by Crippen LogP contribution is -2.30. The Hall–Kier alpha value is -0.0800. The predicted molar refractivity (Wildman–Crippen MR) is 46.4 cm³/mol. The van der Waals surface area contributed by atoms with Gasteiger partial charge < -0.3 is 10.1 Å². The third-order valence-electron chi connectivity index (χ3n) is 1.57. The highest BCUT2D eigenvalue weighted by Gasteiger charge is 2.02. The van der Waals surface area contributed by atoms with E-state index in [0.29, 0.717) is 6.04 Å². The van der Waals surface area contributed by atoms with Crippen molar-refractivity contribution in [2.24, 2.45) is 0 Å². The van der Waals surface area contributed by atoms with Crippen LogP contribution in [0.5, 0.6) is 0 Å². The third kappa shape index (κ3) is 4.77. The van der Waals surface area contributed by atoms with Gasteiger partial charge in [-0.3, -0.25) is 0 Å². The molecule has 0 aromatic rings. The molecule has 2 nitrogen and oxygen atoms in total. The molecule has 0 aromatic carbocycles. The number of hydrogen-bond donors (Lipinski definition) is 1. The summed E-state index contributed by atoms with van der Waals surface area (Å²) in [6.45, 7) is 5.89. The maximum Gasteiger partial charge on any atom is 0.0619 e. The van der Waals surface area contributed by atoms with E-state index in [1.165, 1.54) is 12.8 Å². The van der Waals surface area contributed by atoms with E-state index in [9.17, 15) is 0 Å². The van der Waals surface area contributed by atoms with E-state index in [4.69, 9.17) is 4.74 Å². The van der Waals surface area contributed by atoms with Gasteiger partial charge in [0.1, 0.15) is 0 Å². The molecule has 0 fully saturated rings. The minimum absolute atomic E-state index is 0. The molecule has 0 aliphatic carbocycles. The minimum Gasteiger partial charge on any atom is -0.380 e. The summed E-state index contributed by atoms with van der Waals surface area (Å²) < 4.78 is 5.28. The van der Waals surface area contributed by atoms with Crippen molar-refractivity contribution in [1.82, 2.24) is 5.32 Å². The zero-order valence-corrected chi connectivity index (χ0v) is 7.31. The van der Waals surface area contributed by atoms with E-state index < -0.39 is 0 Å². The largest absolute Gasteiger partial charge is 0.380 e. The van der Waals surface area contributed by atoms with Crippen molar-refractivity contribution < 1.29 is 6.16 Å². The number of rotatable bonds is 6. The van der Waals surface area contributed by atoms with Gasteiger partial charge in [0.25, 0.3) is 0 Å². The normalized spacial score (nSPS) is 13.5. The first-order valence-electron chi connectivity index (χ1n) is 4.10. The van der Waals surface area contributed by atoms with Crippen molar-refractivity contribution in [1.29, 1.82) is 0 Å². The summed E-state index contributed by atoms with van der Waals surface area (Å²) in [4.78, 5) is 0. The molecule has 0 amide bonds. The second-order valence-corrected chi connectivity index (χ2v) is 2.43. The zero-order chi connectivity index (χ0) is 7.82. The van der Waals surface area contributed by atoms with Crippen molar-refractivity contribution in [3.8, 4) is 0 Å². The van der Waals surface area contributed by atoms with Gasteiger partial charge in [-0.15, -0.1) is 0 Å². The van der Waals surface area contributed by atoms with E-state index in [-0.39, 0.29) is 1.43 Å². The van der Waals surface area contributed by atoms with Crippen LogP contribution < -0.4 is 5.32 Å². The molecule has 0 saturated carbocycles. The lowest BCUT2D eigenvalue weighted by atomic mass is 10.2. The highest BCUT2D eigenvalue weighted by atomic mass is 16.5. The monoisotopic (exact) mass is 147 g/mol. The van der Waals surface area contributed by atoms with Crippen LogP contribution in [0.3, 0.4) is 0 Å². The predicted octanol–water partition coefficient (Wildman–Crippen LogP) is 1.66. The Balaban J connectivity index is 0. The van der Waals surface area contributed by atoms with Gasteiger partial charge in [0.05, 0.1) is 6.61 Å². The standard InChI is InChI=1S/C8H19NO.H2/c1-4-6-8(9-3)7-10-5-2;/h8-9H,4-7H2,1-3H3;1H/t8-;/m0./s1. The van der Waals surface area contributed by atoms with Crippen LogP contribution in [-0.2, 0) is 4.74 Å². The Morgan fingerprint density at radius 3 is 2.60 bits per heavy atom. The maximum atomic E-state index is 5.28. The molecule has 0 radical (unpaired) electrons. The molecule has 0 heterocycles. The fourth-order valence-electron chi connectivity index (χ4n) is 0.920. The molecule has 1 atom stereocenters. The number of hydrogen-bond acceptors (Lipinski definition) is 2. The molecule has 0 bridgehead atoms. The molecule has 1 N–H and O–H groups in total. The van der Waals surface area contributed by atoms with Crippen molar-refractivity contribution in [3.63, 3.8) is 0 Å². The van der Waals surface area contributed by atoms with Crippen LogP contribution in [-0.4, -0.2) is 26.3 Å². The molecule has 64 valence electrons. The van der Waals surface area contributed by atoms with Gasteiger partial charge in [-0.25, -0.2) is 0 Å². The van der Waals surface area contributed by atoms with E-state index in [2.05, 4.69) is 12.2 Å². The van der Waals surface area contributed by atoms with Crippen molar-refractivity contribution in [3.05, 3.63) is 0 Å². The van der Waals surface area contributed by atoms with Crippen LogP contribution >= 0.6 is 0 Å². The smallest absolute Gasteiger partial charge is 0.0619 e. The van der Waals surface area contributed by atoms with Crippen LogP contribution in [0.1, 0.15) is 28.1 Å². The van der Waals surface area contributed by atoms with Crippen LogP contribution in [0.4, 0.5) is 0 Å². The third-order valence-corrected chi connectivity index (χ3v) is 1.57.